The monoisotopic (exact) mass is 513 g/mol. The minimum Gasteiger partial charge on any atom is -0.491 e. The van der Waals surface area contributed by atoms with Crippen LogP contribution in [0, 0.1) is 5.92 Å². The van der Waals surface area contributed by atoms with Crippen molar-refractivity contribution in [2.24, 2.45) is 5.92 Å². The average molecular weight is 515 g/mol. The molecule has 5 nitrogen and oxygen atoms in total. The predicted octanol–water partition coefficient (Wildman–Crippen LogP) is 5.82. The summed E-state index contributed by atoms with van der Waals surface area (Å²) in [7, 11) is 1.96. The van der Waals surface area contributed by atoms with Gasteiger partial charge in [0.1, 0.15) is 5.75 Å². The smallest absolute Gasteiger partial charge is 0.324 e. The van der Waals surface area contributed by atoms with Gasteiger partial charge in [0.05, 0.1) is 6.10 Å². The molecule has 1 atom stereocenters. The van der Waals surface area contributed by atoms with Crippen LogP contribution in [0.3, 0.4) is 0 Å². The van der Waals surface area contributed by atoms with Crippen molar-refractivity contribution in [3.8, 4) is 5.75 Å². The van der Waals surface area contributed by atoms with Crippen LogP contribution in [0.2, 0.25) is 0 Å². The predicted molar refractivity (Wildman–Crippen MR) is 138 cm³/mol. The van der Waals surface area contributed by atoms with Crippen molar-refractivity contribution in [2.45, 2.75) is 51.7 Å². The highest BCUT2D eigenvalue weighted by atomic mass is 79.9. The number of hydrogen-bond acceptors (Lipinski definition) is 3. The first-order chi connectivity index (χ1) is 15.9. The van der Waals surface area contributed by atoms with Crippen LogP contribution in [0.5, 0.6) is 5.75 Å². The lowest BCUT2D eigenvalue weighted by Crippen LogP contribution is -2.56. The van der Waals surface area contributed by atoms with Crippen LogP contribution in [0.25, 0.3) is 0 Å². The van der Waals surface area contributed by atoms with Crippen LogP contribution in [0.4, 0.5) is 10.5 Å². The zero-order valence-corrected chi connectivity index (χ0v) is 21.6. The molecule has 0 radical (unpaired) electrons. The maximum absolute atomic E-state index is 13.0. The molecule has 2 heterocycles. The topological polar surface area (TPSA) is 36.0 Å². The van der Waals surface area contributed by atoms with Gasteiger partial charge in [-0.3, -0.25) is 4.90 Å². The Balaban J connectivity index is 1.27. The Hall–Kier alpha value is -2.05. The summed E-state index contributed by atoms with van der Waals surface area (Å²) in [6.45, 7) is 8.09. The van der Waals surface area contributed by atoms with E-state index in [1.54, 1.807) is 0 Å². The summed E-state index contributed by atoms with van der Waals surface area (Å²) in [5, 5.41) is 0. The molecule has 4 rings (SSSR count). The van der Waals surface area contributed by atoms with Gasteiger partial charge in [0.25, 0.3) is 0 Å². The van der Waals surface area contributed by atoms with Crippen molar-refractivity contribution in [3.63, 3.8) is 0 Å². The summed E-state index contributed by atoms with van der Waals surface area (Å²) in [5.41, 5.74) is 2.33. The van der Waals surface area contributed by atoms with E-state index in [-0.39, 0.29) is 18.2 Å². The molecule has 0 N–H and O–H groups in total. The molecule has 2 saturated heterocycles. The number of carbonyl (C=O) groups is 1. The zero-order chi connectivity index (χ0) is 23.4. The Bertz CT molecular complexity index is 928. The quantitative estimate of drug-likeness (QED) is 0.467. The van der Waals surface area contributed by atoms with Gasteiger partial charge >= 0.3 is 6.03 Å². The van der Waals surface area contributed by atoms with Crippen molar-refractivity contribution in [3.05, 3.63) is 58.6 Å². The van der Waals surface area contributed by atoms with Gasteiger partial charge in [-0.25, -0.2) is 4.79 Å². The van der Waals surface area contributed by atoms with E-state index in [1.165, 1.54) is 22.9 Å². The molecule has 6 heteroatoms. The van der Waals surface area contributed by atoms with Gasteiger partial charge in [0.15, 0.2) is 0 Å². The molecule has 2 aromatic rings. The Morgan fingerprint density at radius 1 is 1.03 bits per heavy atom. The van der Waals surface area contributed by atoms with E-state index in [0.717, 1.165) is 50.5 Å². The Kier molecular flexibility index (Phi) is 7.97. The molecule has 2 aromatic carbocycles. The molecule has 0 bridgehead atoms. The van der Waals surface area contributed by atoms with Gasteiger partial charge in [-0.15, -0.1) is 0 Å². The highest BCUT2D eigenvalue weighted by molar-refractivity contribution is 9.10. The van der Waals surface area contributed by atoms with Crippen molar-refractivity contribution in [1.82, 2.24) is 9.80 Å². The summed E-state index contributed by atoms with van der Waals surface area (Å²) in [6.07, 6.45) is 4.67. The van der Waals surface area contributed by atoms with E-state index < -0.39 is 0 Å². The van der Waals surface area contributed by atoms with Gasteiger partial charge in [0.2, 0.25) is 0 Å². The molecule has 0 aromatic heterocycles. The van der Waals surface area contributed by atoms with Crippen LogP contribution in [-0.4, -0.2) is 61.2 Å². The van der Waals surface area contributed by atoms with Crippen molar-refractivity contribution >= 4 is 27.6 Å². The summed E-state index contributed by atoms with van der Waals surface area (Å²) >= 11 is 3.73. The van der Waals surface area contributed by atoms with Gasteiger partial charge < -0.3 is 14.5 Å². The summed E-state index contributed by atoms with van der Waals surface area (Å²) < 4.78 is 7.06. The number of nitrogens with zero attached hydrogens (tertiary/aromatic N) is 3. The molecule has 0 aliphatic carbocycles. The van der Waals surface area contributed by atoms with Gasteiger partial charge in [0, 0.05) is 36.3 Å². The molecule has 0 saturated carbocycles. The largest absolute Gasteiger partial charge is 0.491 e. The number of ether oxygens (including phenoxy) is 1. The third-order valence-corrected chi connectivity index (χ3v) is 7.68. The number of halogens is 1. The number of para-hydroxylation sites is 1. The van der Waals surface area contributed by atoms with Gasteiger partial charge in [-0.2, -0.15) is 0 Å². The van der Waals surface area contributed by atoms with Crippen molar-refractivity contribution in [2.75, 3.05) is 38.1 Å². The van der Waals surface area contributed by atoms with E-state index in [9.17, 15) is 4.79 Å². The summed E-state index contributed by atoms with van der Waals surface area (Å²) in [4.78, 5) is 19.4. The number of likely N-dealkylation sites (tertiary alicyclic amines) is 1. The minimum atomic E-state index is 0.112. The van der Waals surface area contributed by atoms with Gasteiger partial charge in [-0.05, 0) is 94.4 Å². The molecule has 33 heavy (non-hydrogen) atoms. The number of urea groups is 1. The highest BCUT2D eigenvalue weighted by Crippen LogP contribution is 2.30. The highest BCUT2D eigenvalue weighted by Gasteiger charge is 2.33. The third kappa shape index (κ3) is 6.10. The number of piperidine rings is 1. The molecule has 2 amide bonds. The molecule has 1 unspecified atom stereocenters. The number of benzene rings is 2. The lowest BCUT2D eigenvalue weighted by Gasteiger charge is -2.42. The first-order valence-electron chi connectivity index (χ1n) is 12.2. The van der Waals surface area contributed by atoms with Crippen LogP contribution >= 0.6 is 15.9 Å². The number of likely N-dealkylation sites (N-methyl/N-ethyl adjacent to an activating group) is 1. The van der Waals surface area contributed by atoms with Crippen LogP contribution in [-0.2, 0) is 6.42 Å². The number of anilines is 1. The number of hydrogen-bond donors (Lipinski definition) is 0. The second kappa shape index (κ2) is 10.9. The standard InChI is InChI=1S/C27H36BrN3O2/c1-20(2)33-25-9-10-26(28)22(18-25)17-21-11-14-30(15-12-21)19-24-13-16-31(27(32)29(24)3)23-7-5-4-6-8-23/h4-10,18,20-21,24H,11-17,19H2,1-3H3. The maximum atomic E-state index is 13.0. The number of rotatable bonds is 7. The first kappa shape index (κ1) is 24.1. The first-order valence-corrected chi connectivity index (χ1v) is 13.0. The molecule has 2 aliphatic rings. The second-order valence-corrected chi connectivity index (χ2v) is 10.5. The zero-order valence-electron chi connectivity index (χ0n) is 20.0. The molecule has 2 fully saturated rings. The lowest BCUT2D eigenvalue weighted by atomic mass is 9.89. The average Bonchev–Trinajstić information content (AvgIpc) is 2.81. The number of amides is 2. The Labute approximate surface area is 206 Å². The molecule has 0 spiro atoms. The van der Waals surface area contributed by atoms with E-state index in [0.29, 0.717) is 5.92 Å². The minimum absolute atomic E-state index is 0.112. The molecular weight excluding hydrogens is 478 g/mol. The molecular formula is C27H36BrN3O2. The molecule has 2 aliphatic heterocycles. The molecule has 178 valence electrons. The van der Waals surface area contributed by atoms with Crippen molar-refractivity contribution < 1.29 is 9.53 Å². The summed E-state index contributed by atoms with van der Waals surface area (Å²) in [5.74, 6) is 1.64. The SMILES string of the molecule is CC(C)Oc1ccc(Br)c(CC2CCN(CC3CCN(c4ccccc4)C(=O)N3C)CC2)c1. The van der Waals surface area contributed by atoms with E-state index in [4.69, 9.17) is 4.74 Å². The van der Waals surface area contributed by atoms with Crippen LogP contribution in [0.1, 0.15) is 38.7 Å². The van der Waals surface area contributed by atoms with E-state index >= 15 is 0 Å². The van der Waals surface area contributed by atoms with Crippen LogP contribution in [0.15, 0.2) is 53.0 Å². The van der Waals surface area contributed by atoms with E-state index in [2.05, 4.69) is 46.8 Å². The van der Waals surface area contributed by atoms with Crippen molar-refractivity contribution in [1.29, 1.82) is 0 Å². The Morgan fingerprint density at radius 2 is 1.76 bits per heavy atom. The third-order valence-electron chi connectivity index (χ3n) is 6.91. The fourth-order valence-corrected chi connectivity index (χ4v) is 5.42. The Morgan fingerprint density at radius 3 is 2.45 bits per heavy atom. The second-order valence-electron chi connectivity index (χ2n) is 9.69. The fourth-order valence-electron chi connectivity index (χ4n) is 5.01. The fraction of sp³-hybridized carbons (Fsp3) is 0.519. The van der Waals surface area contributed by atoms with Gasteiger partial charge in [-0.1, -0.05) is 34.1 Å². The van der Waals surface area contributed by atoms with Crippen LogP contribution < -0.4 is 9.64 Å². The number of carbonyl (C=O) groups excluding carboxylic acids is 1. The maximum Gasteiger partial charge on any atom is 0.324 e. The van der Waals surface area contributed by atoms with E-state index in [1.807, 2.05) is 53.2 Å². The normalized spacial score (nSPS) is 20.5. The summed E-state index contributed by atoms with van der Waals surface area (Å²) in [6, 6.07) is 16.7. The lowest BCUT2D eigenvalue weighted by molar-refractivity contribution is 0.122.